The number of rotatable bonds is 6. The van der Waals surface area contributed by atoms with Gasteiger partial charge in [-0.3, -0.25) is 0 Å². The molecule has 0 N–H and O–H groups in total. The first kappa shape index (κ1) is 54.9. The maximum atomic E-state index is 2.62. The van der Waals surface area contributed by atoms with Gasteiger partial charge >= 0.3 is 438 Å². The third-order valence-corrected chi connectivity index (χ3v) is 39.9. The maximum absolute atomic E-state index is 2.62. The molecule has 0 aliphatic heterocycles. The van der Waals surface area contributed by atoms with E-state index in [1.807, 2.05) is 3.28 Å². The van der Waals surface area contributed by atoms with Crippen molar-refractivity contribution in [3.8, 4) is 0 Å². The van der Waals surface area contributed by atoms with Crippen molar-refractivity contribution in [2.75, 3.05) is 0 Å². The van der Waals surface area contributed by atoms with Crippen LogP contribution in [-0.4, -0.2) is 35.6 Å². The van der Waals surface area contributed by atoms with Crippen LogP contribution >= 0.6 is 0 Å². The summed E-state index contributed by atoms with van der Waals surface area (Å²) in [4.78, 5) is 0. The summed E-state index contributed by atoms with van der Waals surface area (Å²) in [6, 6.07) is 30.7. The van der Waals surface area contributed by atoms with Gasteiger partial charge in [0.1, 0.15) is 0 Å². The van der Waals surface area contributed by atoms with Gasteiger partial charge in [-0.1, -0.05) is 0 Å². The Morgan fingerprint density at radius 3 is 0.868 bits per heavy atom. The number of hydrogen-bond acceptors (Lipinski definition) is 0. The van der Waals surface area contributed by atoms with Gasteiger partial charge in [0.15, 0.2) is 0 Å². The average molecular weight is 1300 g/mol. The van der Waals surface area contributed by atoms with Gasteiger partial charge < -0.3 is 0 Å². The molecule has 0 fully saturated rings. The van der Waals surface area contributed by atoms with Crippen molar-refractivity contribution in [1.82, 2.24) is 0 Å². The first-order chi connectivity index (χ1) is 30.7. The van der Waals surface area contributed by atoms with Gasteiger partial charge in [0.25, 0.3) is 0 Å². The fraction of sp³-hybridized carbons (Fsp3) is 0.515. The summed E-state index contributed by atoms with van der Waals surface area (Å²) in [5.74, 6) is 0.305. The van der Waals surface area contributed by atoms with E-state index in [0.717, 1.165) is 0 Å². The predicted octanol–water partition coefficient (Wildman–Crippen LogP) is 18.4. The first-order valence-electron chi connectivity index (χ1n) is 25.6. The summed E-state index contributed by atoms with van der Waals surface area (Å²) < 4.78 is 2.28. The Morgan fingerprint density at radius 1 is 0.324 bits per heavy atom. The van der Waals surface area contributed by atoms with Crippen molar-refractivity contribution in [1.29, 1.82) is 0 Å². The summed E-state index contributed by atoms with van der Waals surface area (Å²) in [5.41, 5.74) is 22.4. The molecule has 0 heterocycles. The van der Waals surface area contributed by atoms with Crippen molar-refractivity contribution in [3.05, 3.63) is 167 Å². The van der Waals surface area contributed by atoms with E-state index in [4.69, 9.17) is 0 Å². The molecule has 0 saturated carbocycles. The van der Waals surface area contributed by atoms with Crippen LogP contribution in [0.1, 0.15) is 239 Å². The number of benzene rings is 4. The molecule has 0 saturated heterocycles. The minimum atomic E-state index is -1.28. The van der Waals surface area contributed by atoms with Gasteiger partial charge in [-0.2, -0.15) is 0 Å². The number of hydrogen-bond donors (Lipinski definition) is 0. The first-order valence-corrected chi connectivity index (χ1v) is 44.6. The van der Waals surface area contributed by atoms with Crippen LogP contribution in [0.5, 0.6) is 0 Å². The predicted molar refractivity (Wildman–Crippen MR) is 305 cm³/mol. The molecule has 1 atom stereocenters. The third-order valence-electron chi connectivity index (χ3n) is 14.4. The zero-order valence-electron chi connectivity index (χ0n) is 47.3. The molecule has 4 aromatic rings. The Labute approximate surface area is 434 Å². The van der Waals surface area contributed by atoms with E-state index < -0.39 is 35.6 Å². The summed E-state index contributed by atoms with van der Waals surface area (Å²) in [6.07, 6.45) is 10.3. The molecular formula is C66H90Bi2. The Balaban J connectivity index is 1.69. The van der Waals surface area contributed by atoms with Crippen LogP contribution in [0.3, 0.4) is 0 Å². The summed E-state index contributed by atoms with van der Waals surface area (Å²) in [6.45, 7) is 57.4. The van der Waals surface area contributed by atoms with Gasteiger partial charge in [0.2, 0.25) is 0 Å². The molecule has 68 heavy (non-hydrogen) atoms. The number of allylic oxidation sites excluding steroid dienone is 8. The van der Waals surface area contributed by atoms with E-state index in [1.165, 1.54) is 72.3 Å². The second-order valence-electron chi connectivity index (χ2n) is 28.7. The Morgan fingerprint density at radius 2 is 0.588 bits per heavy atom. The molecule has 6 rings (SSSR count). The van der Waals surface area contributed by atoms with Crippen LogP contribution in [0, 0.1) is 0 Å². The molecule has 2 aliphatic rings. The fourth-order valence-corrected chi connectivity index (χ4v) is 40.0. The van der Waals surface area contributed by atoms with Crippen molar-refractivity contribution in [2.45, 2.75) is 219 Å². The minimum absolute atomic E-state index is 0.0452. The Kier molecular flexibility index (Phi) is 15.3. The van der Waals surface area contributed by atoms with Crippen molar-refractivity contribution >= 4 is 52.3 Å². The third kappa shape index (κ3) is 12.6. The molecule has 0 spiro atoms. The SMILES string of the molecule is CC(C)(C)c1cc(C2=CC=C(c3cc(C(C)(C)C)cc(C(C)(C)C)c3)[CH]2[Bi]=[Bi][C]2=C(c3cc(C(C)(C)C)cc(C(C)(C)C)c3)C=CC2c2cc(C(C)(C)C)cc(C(C)(C)C)c2)cc(C(C)(C)C)c1. The van der Waals surface area contributed by atoms with Crippen LogP contribution in [0.15, 0.2) is 100 Å². The standard InChI is InChI=1S/2C33H45.2Bi/c2*1-30(2,3)26-16-24(17-27(20-26)31(4,5)6)22-13-14-23(15-22)25-18-28(32(7,8)9)21-29(19-25)33(10,11)12;;/h13-14,16-22H,1-12H3;13-21H,1-12H3;;. The normalized spacial score (nSPS) is 17.2. The molecule has 1 unspecified atom stereocenters. The monoisotopic (exact) mass is 1300 g/mol. The molecular weight excluding hydrogens is 1210 g/mol. The van der Waals surface area contributed by atoms with Gasteiger partial charge in [-0.05, 0) is 0 Å². The Hall–Kier alpha value is -2.39. The van der Waals surface area contributed by atoms with E-state index in [2.05, 4.69) is 263 Å². The second kappa shape index (κ2) is 18.9. The van der Waals surface area contributed by atoms with Gasteiger partial charge in [0, 0.05) is 0 Å². The Bertz CT molecular complexity index is 2490. The topological polar surface area (TPSA) is 0 Å². The van der Waals surface area contributed by atoms with E-state index in [9.17, 15) is 0 Å². The summed E-state index contributed by atoms with van der Waals surface area (Å²) in [5, 5.41) is 0. The van der Waals surface area contributed by atoms with E-state index in [0.29, 0.717) is 9.54 Å². The van der Waals surface area contributed by atoms with E-state index in [-0.39, 0.29) is 43.3 Å². The van der Waals surface area contributed by atoms with Crippen molar-refractivity contribution in [3.63, 3.8) is 0 Å². The molecule has 0 amide bonds. The average Bonchev–Trinajstić information content (AvgIpc) is 3.81. The molecule has 0 bridgehead atoms. The molecule has 2 heteroatoms. The van der Waals surface area contributed by atoms with Crippen LogP contribution in [0.4, 0.5) is 0 Å². The summed E-state index contributed by atoms with van der Waals surface area (Å²) in [7, 11) is 0. The quantitative estimate of drug-likeness (QED) is 0.169. The fourth-order valence-electron chi connectivity index (χ4n) is 9.11. The second-order valence-corrected chi connectivity index (χ2v) is 49.0. The molecule has 4 aromatic carbocycles. The molecule has 0 radical (unpaired) electrons. The van der Waals surface area contributed by atoms with Gasteiger partial charge in [-0.25, -0.2) is 0 Å². The molecule has 364 valence electrons. The van der Waals surface area contributed by atoms with E-state index in [1.54, 1.807) is 11.1 Å². The van der Waals surface area contributed by atoms with E-state index >= 15 is 0 Å². The summed E-state index contributed by atoms with van der Waals surface area (Å²) >= 11 is -2.53. The zero-order valence-corrected chi connectivity index (χ0v) is 54.2. The molecule has 0 nitrogen and oxygen atoms in total. The van der Waals surface area contributed by atoms with Crippen molar-refractivity contribution < 1.29 is 0 Å². The van der Waals surface area contributed by atoms with Crippen LogP contribution in [0.25, 0.3) is 16.7 Å². The van der Waals surface area contributed by atoms with Crippen LogP contribution < -0.4 is 0 Å². The molecule has 0 aromatic heterocycles. The van der Waals surface area contributed by atoms with Crippen molar-refractivity contribution in [2.24, 2.45) is 0 Å². The molecule has 2 aliphatic carbocycles. The van der Waals surface area contributed by atoms with Crippen LogP contribution in [-0.2, 0) is 43.3 Å². The zero-order chi connectivity index (χ0) is 51.1. The van der Waals surface area contributed by atoms with Gasteiger partial charge in [-0.15, -0.1) is 0 Å². The van der Waals surface area contributed by atoms with Gasteiger partial charge in [0.05, 0.1) is 0 Å². The van der Waals surface area contributed by atoms with Crippen LogP contribution in [0.2, 0.25) is 3.63 Å².